The number of rotatable bonds is 6. The number of hydrogen-bond donors (Lipinski definition) is 2. The summed E-state index contributed by atoms with van der Waals surface area (Å²) in [6.45, 7) is 6.16. The molecule has 2 aliphatic rings. The van der Waals surface area contributed by atoms with Crippen LogP contribution in [0.4, 0.5) is 4.39 Å². The highest BCUT2D eigenvalue weighted by molar-refractivity contribution is 5.92. The summed E-state index contributed by atoms with van der Waals surface area (Å²) in [5, 5.41) is 2.96. The number of nitrogens with zero attached hydrogens (tertiary/aromatic N) is 3. The third kappa shape index (κ3) is 4.63. The molecule has 1 aliphatic heterocycles. The highest BCUT2D eigenvalue weighted by Crippen LogP contribution is 2.28. The number of nitrogens with one attached hydrogen (secondary N) is 2. The number of aromatic nitrogens is 3. The van der Waals surface area contributed by atoms with Crippen LogP contribution in [0.25, 0.3) is 16.6 Å². The summed E-state index contributed by atoms with van der Waals surface area (Å²) in [5.41, 5.74) is 4.62. The molecule has 176 valence electrons. The number of aromatic amines is 1. The molecule has 3 heterocycles. The van der Waals surface area contributed by atoms with Crippen LogP contribution in [-0.4, -0.2) is 45.4 Å². The Labute approximate surface area is 197 Å². The van der Waals surface area contributed by atoms with E-state index in [1.165, 1.54) is 18.4 Å². The van der Waals surface area contributed by atoms with Crippen molar-refractivity contribution >= 4 is 22.5 Å². The lowest BCUT2D eigenvalue weighted by Crippen LogP contribution is -2.29. The summed E-state index contributed by atoms with van der Waals surface area (Å²) in [7, 11) is 0. The molecule has 34 heavy (non-hydrogen) atoms. The molecule has 0 unspecified atom stereocenters. The van der Waals surface area contributed by atoms with E-state index in [-0.39, 0.29) is 17.0 Å². The zero-order valence-corrected chi connectivity index (χ0v) is 19.4. The van der Waals surface area contributed by atoms with Crippen molar-refractivity contribution in [1.29, 1.82) is 0 Å². The van der Waals surface area contributed by atoms with Gasteiger partial charge in [-0.3, -0.25) is 14.5 Å². The van der Waals surface area contributed by atoms with Gasteiger partial charge in [0.05, 0.1) is 5.52 Å². The van der Waals surface area contributed by atoms with Crippen LogP contribution in [0.5, 0.6) is 0 Å². The number of pyridine rings is 1. The normalized spacial score (nSPS) is 16.5. The lowest BCUT2D eigenvalue weighted by molar-refractivity contribution is 0.0946. The van der Waals surface area contributed by atoms with Crippen molar-refractivity contribution in [2.45, 2.75) is 39.7 Å². The number of aryl methyl sites for hydroxylation is 2. The summed E-state index contributed by atoms with van der Waals surface area (Å²) in [6.07, 6.45) is 5.34. The van der Waals surface area contributed by atoms with Gasteiger partial charge in [0.2, 0.25) is 0 Å². The van der Waals surface area contributed by atoms with Crippen LogP contribution in [0.1, 0.15) is 52.3 Å². The molecule has 1 amide bonds. The van der Waals surface area contributed by atoms with Gasteiger partial charge in [-0.1, -0.05) is 18.2 Å². The van der Waals surface area contributed by atoms with E-state index in [0.29, 0.717) is 41.5 Å². The molecule has 0 spiro atoms. The van der Waals surface area contributed by atoms with Gasteiger partial charge in [0.25, 0.3) is 11.5 Å². The van der Waals surface area contributed by atoms with Crippen molar-refractivity contribution in [2.24, 2.45) is 5.92 Å². The summed E-state index contributed by atoms with van der Waals surface area (Å²) in [6, 6.07) is 7.25. The van der Waals surface area contributed by atoms with Crippen LogP contribution < -0.4 is 10.9 Å². The smallest absolute Gasteiger partial charge is 0.269 e. The van der Waals surface area contributed by atoms with Crippen LogP contribution in [0, 0.1) is 25.6 Å². The average Bonchev–Trinajstić information content (AvgIpc) is 3.66. The molecule has 3 aromatic rings. The number of carbonyl (C=O) groups excluding carboxylic acids is 1. The SMILES string of the molecule is Cc1nc(C(=O)NCC2CC2)ccc1C1=CCN(Cc2ccc3nc(C)c(=O)[nH]c3c2F)CC1. The van der Waals surface area contributed by atoms with E-state index in [1.807, 2.05) is 13.0 Å². The van der Waals surface area contributed by atoms with Gasteiger partial charge in [0, 0.05) is 37.4 Å². The van der Waals surface area contributed by atoms with Crippen LogP contribution in [0.3, 0.4) is 0 Å². The number of amides is 1. The maximum atomic E-state index is 15.0. The third-order valence-corrected chi connectivity index (χ3v) is 6.66. The second kappa shape index (κ2) is 9.10. The zero-order valence-electron chi connectivity index (χ0n) is 19.4. The highest BCUT2D eigenvalue weighted by atomic mass is 19.1. The monoisotopic (exact) mass is 461 g/mol. The summed E-state index contributed by atoms with van der Waals surface area (Å²) >= 11 is 0. The Morgan fingerprint density at radius 1 is 1.18 bits per heavy atom. The van der Waals surface area contributed by atoms with E-state index in [4.69, 9.17) is 0 Å². The first-order valence-corrected chi connectivity index (χ1v) is 11.7. The van der Waals surface area contributed by atoms with Crippen molar-refractivity contribution in [3.05, 3.63) is 74.7 Å². The van der Waals surface area contributed by atoms with E-state index in [0.717, 1.165) is 30.8 Å². The Balaban J connectivity index is 1.27. The Bertz CT molecular complexity index is 1360. The standard InChI is InChI=1S/C26H28FN5O2/c1-15-20(6-8-22(29-15)26(34)28-13-17-3-4-17)18-9-11-32(12-10-18)14-19-5-7-21-24(23(19)27)31-25(33)16(2)30-21/h5-9,17H,3-4,10-14H2,1-2H3,(H,28,34)(H,31,33). The lowest BCUT2D eigenvalue weighted by atomic mass is 9.97. The van der Waals surface area contributed by atoms with E-state index >= 15 is 4.39 Å². The van der Waals surface area contributed by atoms with Gasteiger partial charge in [-0.2, -0.15) is 0 Å². The fourth-order valence-electron chi connectivity index (χ4n) is 4.40. The molecule has 0 atom stereocenters. The molecule has 7 nitrogen and oxygen atoms in total. The van der Waals surface area contributed by atoms with Gasteiger partial charge in [-0.25, -0.2) is 14.4 Å². The van der Waals surface area contributed by atoms with Crippen LogP contribution in [-0.2, 0) is 6.54 Å². The van der Waals surface area contributed by atoms with Gasteiger partial charge >= 0.3 is 0 Å². The Kier molecular flexibility index (Phi) is 6.00. The minimum Gasteiger partial charge on any atom is -0.350 e. The fourth-order valence-corrected chi connectivity index (χ4v) is 4.40. The van der Waals surface area contributed by atoms with Crippen molar-refractivity contribution in [3.63, 3.8) is 0 Å². The molecule has 2 aromatic heterocycles. The Morgan fingerprint density at radius 3 is 2.71 bits per heavy atom. The number of carbonyl (C=O) groups is 1. The van der Waals surface area contributed by atoms with Crippen molar-refractivity contribution in [2.75, 3.05) is 19.6 Å². The van der Waals surface area contributed by atoms with E-state index in [9.17, 15) is 9.59 Å². The fraction of sp³-hybridized carbons (Fsp3) is 0.385. The molecule has 0 radical (unpaired) electrons. The number of fused-ring (bicyclic) bond motifs is 1. The zero-order chi connectivity index (χ0) is 23.8. The van der Waals surface area contributed by atoms with Gasteiger partial charge in [0.1, 0.15) is 16.9 Å². The largest absolute Gasteiger partial charge is 0.350 e. The molecular formula is C26H28FN5O2. The predicted molar refractivity (Wildman–Crippen MR) is 129 cm³/mol. The van der Waals surface area contributed by atoms with Crippen LogP contribution in [0.2, 0.25) is 0 Å². The first kappa shape index (κ1) is 22.4. The molecule has 1 saturated carbocycles. The van der Waals surface area contributed by atoms with Crippen molar-refractivity contribution < 1.29 is 9.18 Å². The molecule has 1 fully saturated rings. The topological polar surface area (TPSA) is 91.0 Å². The number of benzene rings is 1. The summed E-state index contributed by atoms with van der Waals surface area (Å²) < 4.78 is 15.0. The third-order valence-electron chi connectivity index (χ3n) is 6.66. The van der Waals surface area contributed by atoms with Crippen LogP contribution in [0.15, 0.2) is 35.1 Å². The van der Waals surface area contributed by atoms with Gasteiger partial charge < -0.3 is 10.3 Å². The summed E-state index contributed by atoms with van der Waals surface area (Å²) in [5.74, 6) is 0.0906. The molecule has 5 rings (SSSR count). The van der Waals surface area contributed by atoms with E-state index < -0.39 is 5.82 Å². The Hall–Kier alpha value is -3.39. The van der Waals surface area contributed by atoms with Gasteiger partial charge in [0.15, 0.2) is 5.82 Å². The van der Waals surface area contributed by atoms with Gasteiger partial charge in [-0.15, -0.1) is 0 Å². The van der Waals surface area contributed by atoms with Crippen molar-refractivity contribution in [3.8, 4) is 0 Å². The predicted octanol–water partition coefficient (Wildman–Crippen LogP) is 3.50. The molecule has 0 bridgehead atoms. The Morgan fingerprint density at radius 2 is 2.00 bits per heavy atom. The van der Waals surface area contributed by atoms with E-state index in [1.54, 1.807) is 25.1 Å². The maximum absolute atomic E-state index is 15.0. The first-order chi connectivity index (χ1) is 16.4. The lowest BCUT2D eigenvalue weighted by Gasteiger charge is -2.27. The summed E-state index contributed by atoms with van der Waals surface area (Å²) in [4.78, 5) is 37.7. The number of halogens is 1. The number of hydrogen-bond acceptors (Lipinski definition) is 5. The van der Waals surface area contributed by atoms with Crippen molar-refractivity contribution in [1.82, 2.24) is 25.2 Å². The average molecular weight is 462 g/mol. The quantitative estimate of drug-likeness (QED) is 0.586. The number of H-pyrrole nitrogens is 1. The molecule has 0 saturated heterocycles. The first-order valence-electron chi connectivity index (χ1n) is 11.7. The minimum absolute atomic E-state index is 0.116. The second-order valence-electron chi connectivity index (χ2n) is 9.28. The molecule has 1 aromatic carbocycles. The highest BCUT2D eigenvalue weighted by Gasteiger charge is 2.23. The van der Waals surface area contributed by atoms with Crippen LogP contribution >= 0.6 is 0 Å². The van der Waals surface area contributed by atoms with E-state index in [2.05, 4.69) is 31.2 Å². The molecule has 1 aliphatic carbocycles. The molecule has 2 N–H and O–H groups in total. The second-order valence-corrected chi connectivity index (χ2v) is 9.28. The molecular weight excluding hydrogens is 433 g/mol. The molecule has 8 heteroatoms. The maximum Gasteiger partial charge on any atom is 0.269 e. The van der Waals surface area contributed by atoms with Gasteiger partial charge in [-0.05, 0) is 62.3 Å². The minimum atomic E-state index is -0.424.